The second-order valence-electron chi connectivity index (χ2n) is 2.52. The Morgan fingerprint density at radius 3 is 2.21 bits per heavy atom. The summed E-state index contributed by atoms with van der Waals surface area (Å²) in [5.41, 5.74) is 4.11. The van der Waals surface area contributed by atoms with Gasteiger partial charge in [-0.3, -0.25) is 0 Å². The summed E-state index contributed by atoms with van der Waals surface area (Å²) in [5.74, 6) is -1.27. The van der Waals surface area contributed by atoms with Crippen molar-refractivity contribution in [2.75, 3.05) is 0 Å². The molecule has 0 amide bonds. The zero-order valence-electron chi connectivity index (χ0n) is 6.94. The summed E-state index contributed by atoms with van der Waals surface area (Å²) < 4.78 is 48.9. The predicted octanol–water partition coefficient (Wildman–Crippen LogP) is 2.73. The molecule has 0 saturated heterocycles. The molecule has 0 heterocycles. The maximum absolute atomic E-state index is 12.6. The lowest BCUT2D eigenvalue weighted by molar-refractivity contribution is -0.140. The monoisotopic (exact) mass is 229 g/mol. The molecule has 0 unspecified atom stereocenters. The van der Waals surface area contributed by atoms with Crippen LogP contribution in [0.1, 0.15) is 11.1 Å². The Bertz CT molecular complexity index is 311. The van der Waals surface area contributed by atoms with Gasteiger partial charge in [0.2, 0.25) is 0 Å². The molecule has 0 aromatic heterocycles. The summed E-state index contributed by atoms with van der Waals surface area (Å²) in [7, 11) is 0. The van der Waals surface area contributed by atoms with E-state index in [1.807, 2.05) is 0 Å². The van der Waals surface area contributed by atoms with Crippen molar-refractivity contribution in [1.82, 2.24) is 0 Å². The van der Waals surface area contributed by atoms with Crippen LogP contribution in [0, 0.1) is 5.82 Å². The number of rotatable bonds is 1. The average Bonchev–Trinajstić information content (AvgIpc) is 2.03. The van der Waals surface area contributed by atoms with Crippen LogP contribution in [0.15, 0.2) is 18.2 Å². The maximum Gasteiger partial charge on any atom is 0.419 e. The first-order valence-electron chi connectivity index (χ1n) is 3.51. The predicted molar refractivity (Wildman–Crippen MR) is 46.5 cm³/mol. The lowest BCUT2D eigenvalue weighted by Crippen LogP contribution is -2.09. The lowest BCUT2D eigenvalue weighted by atomic mass is 10.1. The molecule has 0 bridgehead atoms. The minimum atomic E-state index is -4.66. The normalized spacial score (nSPS) is 10.9. The molecule has 1 aromatic rings. The first-order chi connectivity index (χ1) is 5.95. The Morgan fingerprint density at radius 2 is 1.79 bits per heavy atom. The third-order valence-electron chi connectivity index (χ3n) is 1.57. The largest absolute Gasteiger partial charge is 0.419 e. The van der Waals surface area contributed by atoms with Crippen molar-refractivity contribution in [3.8, 4) is 0 Å². The molecule has 14 heavy (non-hydrogen) atoms. The first kappa shape index (κ1) is 13.2. The van der Waals surface area contributed by atoms with Crippen LogP contribution in [-0.4, -0.2) is 0 Å². The number of halogens is 5. The van der Waals surface area contributed by atoms with Gasteiger partial charge in [0.1, 0.15) is 5.82 Å². The van der Waals surface area contributed by atoms with E-state index in [-0.39, 0.29) is 24.5 Å². The van der Waals surface area contributed by atoms with E-state index >= 15 is 0 Å². The van der Waals surface area contributed by atoms with E-state index in [0.29, 0.717) is 0 Å². The second-order valence-corrected chi connectivity index (χ2v) is 2.52. The molecular formula is C8H8ClF4N. The molecule has 0 fully saturated rings. The molecule has 80 valence electrons. The summed E-state index contributed by atoms with van der Waals surface area (Å²) >= 11 is 0. The van der Waals surface area contributed by atoms with Crippen LogP contribution in [-0.2, 0) is 12.7 Å². The highest BCUT2D eigenvalue weighted by molar-refractivity contribution is 5.85. The highest BCUT2D eigenvalue weighted by Gasteiger charge is 2.33. The number of benzene rings is 1. The standard InChI is InChI=1S/C8H7F4N.ClH/c9-7-2-1-5(4-13)3-6(7)8(10,11)12;/h1-3H,4,13H2;1H. The third-order valence-corrected chi connectivity index (χ3v) is 1.57. The summed E-state index contributed by atoms with van der Waals surface area (Å²) in [6.07, 6.45) is -4.66. The highest BCUT2D eigenvalue weighted by Crippen LogP contribution is 2.31. The molecule has 6 heteroatoms. The van der Waals surface area contributed by atoms with E-state index in [2.05, 4.69) is 0 Å². The fraction of sp³-hybridized carbons (Fsp3) is 0.250. The molecule has 1 nitrogen and oxygen atoms in total. The van der Waals surface area contributed by atoms with Crippen molar-refractivity contribution in [2.45, 2.75) is 12.7 Å². The van der Waals surface area contributed by atoms with Crippen LogP contribution in [0.5, 0.6) is 0 Å². The Morgan fingerprint density at radius 1 is 1.21 bits per heavy atom. The van der Waals surface area contributed by atoms with Gasteiger partial charge in [0, 0.05) is 6.54 Å². The minimum absolute atomic E-state index is 0. The van der Waals surface area contributed by atoms with Crippen molar-refractivity contribution in [3.63, 3.8) is 0 Å². The zero-order valence-corrected chi connectivity index (χ0v) is 7.75. The minimum Gasteiger partial charge on any atom is -0.326 e. The van der Waals surface area contributed by atoms with E-state index in [9.17, 15) is 17.6 Å². The zero-order chi connectivity index (χ0) is 10.1. The van der Waals surface area contributed by atoms with Gasteiger partial charge in [0.15, 0.2) is 0 Å². The van der Waals surface area contributed by atoms with E-state index < -0.39 is 17.6 Å². The summed E-state index contributed by atoms with van der Waals surface area (Å²) in [6, 6.07) is 2.71. The first-order valence-corrected chi connectivity index (χ1v) is 3.51. The maximum atomic E-state index is 12.6. The summed E-state index contributed by atoms with van der Waals surface area (Å²) in [5, 5.41) is 0. The average molecular weight is 230 g/mol. The SMILES string of the molecule is Cl.NCc1ccc(F)c(C(F)(F)F)c1. The quantitative estimate of drug-likeness (QED) is 0.737. The van der Waals surface area contributed by atoms with Gasteiger partial charge in [-0.25, -0.2) is 4.39 Å². The molecule has 0 aliphatic carbocycles. The second kappa shape index (κ2) is 4.61. The topological polar surface area (TPSA) is 26.0 Å². The van der Waals surface area contributed by atoms with Gasteiger partial charge in [-0.15, -0.1) is 12.4 Å². The van der Waals surface area contributed by atoms with Gasteiger partial charge in [0.25, 0.3) is 0 Å². The van der Waals surface area contributed by atoms with Crippen LogP contribution in [0.3, 0.4) is 0 Å². The fourth-order valence-electron chi connectivity index (χ4n) is 0.917. The van der Waals surface area contributed by atoms with Crippen LogP contribution >= 0.6 is 12.4 Å². The number of hydrogen-bond donors (Lipinski definition) is 1. The van der Waals surface area contributed by atoms with Crippen LogP contribution in [0.25, 0.3) is 0 Å². The lowest BCUT2D eigenvalue weighted by Gasteiger charge is -2.08. The highest BCUT2D eigenvalue weighted by atomic mass is 35.5. The third kappa shape index (κ3) is 2.85. The molecular weight excluding hydrogens is 222 g/mol. The molecule has 1 rings (SSSR count). The number of nitrogens with two attached hydrogens (primary N) is 1. The molecule has 0 aliphatic heterocycles. The smallest absolute Gasteiger partial charge is 0.326 e. The van der Waals surface area contributed by atoms with Gasteiger partial charge in [-0.2, -0.15) is 13.2 Å². The Kier molecular flexibility index (Phi) is 4.35. The van der Waals surface area contributed by atoms with Crippen molar-refractivity contribution in [3.05, 3.63) is 35.1 Å². The molecule has 0 spiro atoms. The molecule has 0 aliphatic rings. The van der Waals surface area contributed by atoms with Gasteiger partial charge < -0.3 is 5.73 Å². The fourth-order valence-corrected chi connectivity index (χ4v) is 0.917. The molecule has 1 aromatic carbocycles. The Labute approximate surface area is 84.3 Å². The van der Waals surface area contributed by atoms with E-state index in [0.717, 1.165) is 12.1 Å². The number of alkyl halides is 3. The number of hydrogen-bond acceptors (Lipinski definition) is 1. The van der Waals surface area contributed by atoms with Crippen molar-refractivity contribution < 1.29 is 17.6 Å². The molecule has 0 atom stereocenters. The van der Waals surface area contributed by atoms with Crippen molar-refractivity contribution in [1.29, 1.82) is 0 Å². The Balaban J connectivity index is 0.00000169. The molecule has 0 radical (unpaired) electrons. The van der Waals surface area contributed by atoms with E-state index in [1.165, 1.54) is 6.07 Å². The summed E-state index contributed by atoms with van der Waals surface area (Å²) in [6.45, 7) is -0.0383. The van der Waals surface area contributed by atoms with Crippen LogP contribution in [0.4, 0.5) is 17.6 Å². The van der Waals surface area contributed by atoms with E-state index in [4.69, 9.17) is 5.73 Å². The van der Waals surface area contributed by atoms with E-state index in [1.54, 1.807) is 0 Å². The van der Waals surface area contributed by atoms with Crippen LogP contribution < -0.4 is 5.73 Å². The molecule has 0 saturated carbocycles. The van der Waals surface area contributed by atoms with Gasteiger partial charge in [-0.1, -0.05) is 6.07 Å². The van der Waals surface area contributed by atoms with Crippen molar-refractivity contribution in [2.24, 2.45) is 5.73 Å². The van der Waals surface area contributed by atoms with Gasteiger partial charge >= 0.3 is 6.18 Å². The van der Waals surface area contributed by atoms with Crippen molar-refractivity contribution >= 4 is 12.4 Å². The Hall–Kier alpha value is -0.810. The van der Waals surface area contributed by atoms with Gasteiger partial charge in [-0.05, 0) is 17.7 Å². The summed E-state index contributed by atoms with van der Waals surface area (Å²) in [4.78, 5) is 0. The molecule has 2 N–H and O–H groups in total. The van der Waals surface area contributed by atoms with Crippen LogP contribution in [0.2, 0.25) is 0 Å². The van der Waals surface area contributed by atoms with Gasteiger partial charge in [0.05, 0.1) is 5.56 Å².